The van der Waals surface area contributed by atoms with Crippen molar-refractivity contribution < 1.29 is 15.0 Å². The Kier molecular flexibility index (Phi) is 5.88. The molecular weight excluding hydrogens is 342 g/mol. The second-order valence-corrected chi connectivity index (χ2v) is 5.74. The third-order valence-corrected chi connectivity index (χ3v) is 3.91. The fourth-order valence-electron chi connectivity index (χ4n) is 2.61. The topological polar surface area (TPSA) is 85.2 Å². The second kappa shape index (κ2) is 7.90. The average molecular weight is 362 g/mol. The molecule has 6 nitrogen and oxygen atoms in total. The Morgan fingerprint density at radius 2 is 1.92 bits per heavy atom. The molecule has 1 heterocycles. The number of para-hydroxylation sites is 1. The highest BCUT2D eigenvalue weighted by molar-refractivity contribution is 6.04. The standard InChI is InChI=1S/C18H19N3O3.ClH/c1-21-11-17(20-14-5-3-2-4-13(14)18(21)24)19-9-8-12-6-7-15(22)16(23)10-12;/h2-7,10,22-23H,8-9,11H2,1H3,(H,19,20);1H. The van der Waals surface area contributed by atoms with Crippen molar-refractivity contribution in [1.82, 2.24) is 10.2 Å². The molecule has 0 saturated heterocycles. The van der Waals surface area contributed by atoms with Gasteiger partial charge in [0, 0.05) is 13.6 Å². The van der Waals surface area contributed by atoms with Gasteiger partial charge >= 0.3 is 0 Å². The molecular formula is C18H20ClN3O3. The van der Waals surface area contributed by atoms with E-state index in [4.69, 9.17) is 0 Å². The molecule has 0 aromatic heterocycles. The van der Waals surface area contributed by atoms with E-state index in [1.807, 2.05) is 18.2 Å². The summed E-state index contributed by atoms with van der Waals surface area (Å²) in [6.45, 7) is 1.02. The van der Waals surface area contributed by atoms with Crippen LogP contribution in [0.5, 0.6) is 11.5 Å². The fourth-order valence-corrected chi connectivity index (χ4v) is 2.61. The van der Waals surface area contributed by atoms with Crippen molar-refractivity contribution in [3.8, 4) is 11.5 Å². The van der Waals surface area contributed by atoms with E-state index in [0.717, 1.165) is 11.4 Å². The molecule has 0 radical (unpaired) electrons. The van der Waals surface area contributed by atoms with Crippen LogP contribution in [0.1, 0.15) is 15.9 Å². The summed E-state index contributed by atoms with van der Waals surface area (Å²) in [5.74, 6) is 0.420. The first-order valence-corrected chi connectivity index (χ1v) is 7.71. The van der Waals surface area contributed by atoms with Crippen molar-refractivity contribution in [1.29, 1.82) is 0 Å². The maximum atomic E-state index is 12.3. The highest BCUT2D eigenvalue weighted by Crippen LogP contribution is 2.25. The number of carbonyl (C=O) groups is 1. The normalized spacial score (nSPS) is 13.4. The van der Waals surface area contributed by atoms with E-state index in [1.165, 1.54) is 12.1 Å². The largest absolute Gasteiger partial charge is 0.504 e. The predicted octanol–water partition coefficient (Wildman–Crippen LogP) is 2.47. The van der Waals surface area contributed by atoms with Gasteiger partial charge in [0.2, 0.25) is 0 Å². The zero-order chi connectivity index (χ0) is 17.1. The van der Waals surface area contributed by atoms with Crippen LogP contribution in [0.3, 0.4) is 0 Å². The van der Waals surface area contributed by atoms with Crippen LogP contribution in [0.25, 0.3) is 0 Å². The first-order valence-electron chi connectivity index (χ1n) is 7.71. The van der Waals surface area contributed by atoms with E-state index in [-0.39, 0.29) is 29.8 Å². The number of halogens is 1. The number of aromatic hydroxyl groups is 2. The first kappa shape index (κ1) is 18.6. The minimum Gasteiger partial charge on any atom is -0.504 e. The van der Waals surface area contributed by atoms with E-state index >= 15 is 0 Å². The molecule has 132 valence electrons. The molecule has 0 saturated carbocycles. The summed E-state index contributed by atoms with van der Waals surface area (Å²) >= 11 is 0. The van der Waals surface area contributed by atoms with Gasteiger partial charge in [0.05, 0.1) is 17.8 Å². The van der Waals surface area contributed by atoms with Gasteiger partial charge in [-0.1, -0.05) is 18.2 Å². The van der Waals surface area contributed by atoms with Gasteiger partial charge in [-0.05, 0) is 36.2 Å². The third-order valence-electron chi connectivity index (χ3n) is 3.91. The van der Waals surface area contributed by atoms with Gasteiger partial charge in [0.1, 0.15) is 5.84 Å². The number of fused-ring (bicyclic) bond motifs is 1. The van der Waals surface area contributed by atoms with Crippen molar-refractivity contribution >= 4 is 29.8 Å². The van der Waals surface area contributed by atoms with Gasteiger partial charge in [-0.25, -0.2) is 4.99 Å². The Morgan fingerprint density at radius 1 is 1.16 bits per heavy atom. The average Bonchev–Trinajstić information content (AvgIpc) is 2.68. The van der Waals surface area contributed by atoms with E-state index < -0.39 is 0 Å². The second-order valence-electron chi connectivity index (χ2n) is 5.74. The summed E-state index contributed by atoms with van der Waals surface area (Å²) in [7, 11) is 1.75. The molecule has 1 amide bonds. The molecule has 0 fully saturated rings. The third kappa shape index (κ3) is 4.22. The number of nitrogens with one attached hydrogen (secondary N) is 1. The van der Waals surface area contributed by atoms with Crippen LogP contribution in [0, 0.1) is 0 Å². The molecule has 25 heavy (non-hydrogen) atoms. The van der Waals surface area contributed by atoms with Crippen LogP contribution in [0.15, 0.2) is 47.5 Å². The van der Waals surface area contributed by atoms with Crippen LogP contribution in [-0.2, 0) is 6.42 Å². The Labute approximate surface area is 152 Å². The Bertz CT molecular complexity index is 808. The molecule has 3 N–H and O–H groups in total. The maximum absolute atomic E-state index is 12.3. The monoisotopic (exact) mass is 361 g/mol. The summed E-state index contributed by atoms with van der Waals surface area (Å²) < 4.78 is 0. The number of amidine groups is 1. The predicted molar refractivity (Wildman–Crippen MR) is 99.2 cm³/mol. The Hall–Kier alpha value is -2.73. The molecule has 0 spiro atoms. The van der Waals surface area contributed by atoms with Crippen LogP contribution in [0.4, 0.5) is 5.69 Å². The number of likely N-dealkylation sites (N-methyl/N-ethyl adjacent to an activating group) is 1. The summed E-state index contributed by atoms with van der Waals surface area (Å²) in [6.07, 6.45) is 0.659. The van der Waals surface area contributed by atoms with Crippen molar-refractivity contribution in [3.63, 3.8) is 0 Å². The van der Waals surface area contributed by atoms with Gasteiger partial charge in [-0.3, -0.25) is 4.79 Å². The Balaban J connectivity index is 0.00000225. The number of carbonyl (C=O) groups excluding carboxylic acids is 1. The number of aliphatic imine (C=N–C) groups is 1. The fraction of sp³-hybridized carbons (Fsp3) is 0.222. The summed E-state index contributed by atoms with van der Waals surface area (Å²) in [4.78, 5) is 18.5. The number of phenolic OH excluding ortho intramolecular Hbond substituents is 2. The lowest BCUT2D eigenvalue weighted by Gasteiger charge is -2.16. The van der Waals surface area contributed by atoms with Crippen LogP contribution < -0.4 is 5.32 Å². The SMILES string of the molecule is CN1CC(NCCc2ccc(O)c(O)c2)=Nc2ccccc2C1=O.Cl. The number of amides is 1. The number of rotatable bonds is 3. The van der Waals surface area contributed by atoms with Crippen LogP contribution >= 0.6 is 12.4 Å². The molecule has 1 aliphatic heterocycles. The van der Waals surface area contributed by atoms with Gasteiger partial charge in [-0.2, -0.15) is 0 Å². The van der Waals surface area contributed by atoms with E-state index in [9.17, 15) is 15.0 Å². The molecule has 0 atom stereocenters. The molecule has 0 unspecified atom stereocenters. The summed E-state index contributed by atoms with van der Waals surface area (Å²) in [5, 5.41) is 22.1. The quantitative estimate of drug-likeness (QED) is 0.733. The zero-order valence-corrected chi connectivity index (χ0v) is 14.6. The van der Waals surface area contributed by atoms with Crippen LogP contribution in [0.2, 0.25) is 0 Å². The zero-order valence-electron chi connectivity index (χ0n) is 13.8. The molecule has 1 aliphatic rings. The number of benzene rings is 2. The molecule has 0 bridgehead atoms. The van der Waals surface area contributed by atoms with Crippen molar-refractivity contribution in [2.45, 2.75) is 6.42 Å². The number of hydrogen-bond donors (Lipinski definition) is 3. The molecule has 2 aromatic rings. The molecule has 2 aromatic carbocycles. The minimum atomic E-state index is -0.128. The lowest BCUT2D eigenvalue weighted by atomic mass is 10.1. The highest BCUT2D eigenvalue weighted by atomic mass is 35.5. The molecule has 7 heteroatoms. The van der Waals surface area contributed by atoms with Crippen molar-refractivity contribution in [2.24, 2.45) is 4.99 Å². The molecule has 3 rings (SSSR count). The van der Waals surface area contributed by atoms with Gasteiger partial charge in [-0.15, -0.1) is 12.4 Å². The smallest absolute Gasteiger partial charge is 0.256 e. The van der Waals surface area contributed by atoms with E-state index in [0.29, 0.717) is 30.8 Å². The van der Waals surface area contributed by atoms with Crippen LogP contribution in [-0.4, -0.2) is 47.0 Å². The number of nitrogens with zero attached hydrogens (tertiary/aromatic N) is 2. The van der Waals surface area contributed by atoms with Gasteiger partial charge in [0.15, 0.2) is 11.5 Å². The minimum absolute atomic E-state index is 0. The highest BCUT2D eigenvalue weighted by Gasteiger charge is 2.20. The molecule has 0 aliphatic carbocycles. The van der Waals surface area contributed by atoms with E-state index in [1.54, 1.807) is 24.1 Å². The van der Waals surface area contributed by atoms with Crippen molar-refractivity contribution in [2.75, 3.05) is 20.1 Å². The lowest BCUT2D eigenvalue weighted by molar-refractivity contribution is 0.0816. The lowest BCUT2D eigenvalue weighted by Crippen LogP contribution is -2.37. The Morgan fingerprint density at radius 3 is 2.68 bits per heavy atom. The number of hydrogen-bond acceptors (Lipinski definition) is 5. The number of phenols is 2. The van der Waals surface area contributed by atoms with Crippen molar-refractivity contribution in [3.05, 3.63) is 53.6 Å². The van der Waals surface area contributed by atoms with Gasteiger partial charge in [0.25, 0.3) is 5.91 Å². The summed E-state index contributed by atoms with van der Waals surface area (Å²) in [5.41, 5.74) is 2.16. The van der Waals surface area contributed by atoms with E-state index in [2.05, 4.69) is 10.3 Å². The van der Waals surface area contributed by atoms with Gasteiger partial charge < -0.3 is 20.4 Å². The maximum Gasteiger partial charge on any atom is 0.256 e. The summed E-state index contributed by atoms with van der Waals surface area (Å²) in [6, 6.07) is 12.1. The first-order chi connectivity index (χ1) is 11.5.